The first-order chi connectivity index (χ1) is 8.43. The van der Waals surface area contributed by atoms with E-state index >= 15 is 0 Å². The summed E-state index contributed by atoms with van der Waals surface area (Å²) in [6.07, 6.45) is 0. The molecule has 0 saturated heterocycles. The summed E-state index contributed by atoms with van der Waals surface area (Å²) in [7, 11) is 0. The molecule has 0 aliphatic heterocycles. The van der Waals surface area contributed by atoms with Crippen molar-refractivity contribution in [3.8, 4) is 11.5 Å². The van der Waals surface area contributed by atoms with Gasteiger partial charge >= 0.3 is 11.9 Å². The van der Waals surface area contributed by atoms with Gasteiger partial charge in [0.2, 0.25) is 0 Å². The molecule has 0 radical (unpaired) electrons. The summed E-state index contributed by atoms with van der Waals surface area (Å²) >= 11 is 3.04. The van der Waals surface area contributed by atoms with Crippen LogP contribution in [0.5, 0.6) is 11.5 Å². The molecule has 5 nitrogen and oxygen atoms in total. The number of ether oxygens (including phenoxy) is 2. The van der Waals surface area contributed by atoms with Crippen molar-refractivity contribution in [1.82, 2.24) is 0 Å². The Morgan fingerprint density at radius 1 is 1.11 bits per heavy atom. The van der Waals surface area contributed by atoms with Gasteiger partial charge in [0.15, 0.2) is 5.78 Å². The average Bonchev–Trinajstić information content (AvgIpc) is 2.26. The fourth-order valence-corrected chi connectivity index (χ4v) is 1.58. The number of halogens is 1. The fraction of sp³-hybridized carbons (Fsp3) is 0.250. The zero-order chi connectivity index (χ0) is 13.7. The Kier molecular flexibility index (Phi) is 5.03. The van der Waals surface area contributed by atoms with Crippen LogP contribution >= 0.6 is 15.9 Å². The Morgan fingerprint density at radius 2 is 1.72 bits per heavy atom. The van der Waals surface area contributed by atoms with E-state index in [9.17, 15) is 14.4 Å². The molecule has 0 fully saturated rings. The minimum atomic E-state index is -0.557. The quantitative estimate of drug-likeness (QED) is 0.368. The molecule has 0 aliphatic carbocycles. The van der Waals surface area contributed by atoms with Gasteiger partial charge in [-0.3, -0.25) is 14.4 Å². The zero-order valence-corrected chi connectivity index (χ0v) is 11.4. The average molecular weight is 315 g/mol. The summed E-state index contributed by atoms with van der Waals surface area (Å²) in [5.74, 6) is -1.00. The van der Waals surface area contributed by atoms with Crippen LogP contribution in [0.3, 0.4) is 0 Å². The van der Waals surface area contributed by atoms with Crippen molar-refractivity contribution in [2.45, 2.75) is 13.8 Å². The van der Waals surface area contributed by atoms with Gasteiger partial charge in [-0.1, -0.05) is 15.9 Å². The molecule has 0 saturated carbocycles. The third kappa shape index (κ3) is 3.96. The van der Waals surface area contributed by atoms with Crippen molar-refractivity contribution in [1.29, 1.82) is 0 Å². The Hall–Kier alpha value is -1.69. The minimum absolute atomic E-state index is 0.0747. The predicted molar refractivity (Wildman–Crippen MR) is 67.2 cm³/mol. The second-order valence-corrected chi connectivity index (χ2v) is 3.96. The standard InChI is InChI=1S/C12H11BrO5/c1-7(14)17-9-3-4-10(11(16)6-13)12(5-9)18-8(2)15/h3-5H,6H2,1-2H3. The number of Topliss-reactive ketones (excluding diaryl/α,β-unsaturated/α-hetero) is 1. The van der Waals surface area contributed by atoms with Gasteiger partial charge in [-0.25, -0.2) is 0 Å². The molecule has 1 rings (SSSR count). The number of hydrogen-bond donors (Lipinski definition) is 0. The molecule has 0 N–H and O–H groups in total. The molecule has 1 aromatic carbocycles. The highest BCUT2D eigenvalue weighted by molar-refractivity contribution is 9.09. The van der Waals surface area contributed by atoms with Gasteiger partial charge in [-0.15, -0.1) is 0 Å². The maximum absolute atomic E-state index is 11.6. The van der Waals surface area contributed by atoms with E-state index in [1.54, 1.807) is 0 Å². The van der Waals surface area contributed by atoms with Crippen molar-refractivity contribution in [3.05, 3.63) is 23.8 Å². The summed E-state index contributed by atoms with van der Waals surface area (Å²) in [6.45, 7) is 2.48. The molecule has 0 atom stereocenters. The Morgan fingerprint density at radius 3 is 2.22 bits per heavy atom. The monoisotopic (exact) mass is 314 g/mol. The molecule has 0 bridgehead atoms. The molecular formula is C12H11BrO5. The number of benzene rings is 1. The summed E-state index contributed by atoms with van der Waals surface area (Å²) < 4.78 is 9.77. The van der Waals surface area contributed by atoms with E-state index in [0.29, 0.717) is 0 Å². The normalized spacial score (nSPS) is 9.72. The molecule has 0 spiro atoms. The molecule has 0 heterocycles. The van der Waals surface area contributed by atoms with Gasteiger partial charge in [-0.05, 0) is 12.1 Å². The van der Waals surface area contributed by atoms with Crippen LogP contribution in [-0.2, 0) is 9.59 Å². The van der Waals surface area contributed by atoms with Crippen LogP contribution in [0.25, 0.3) is 0 Å². The second-order valence-electron chi connectivity index (χ2n) is 3.40. The lowest BCUT2D eigenvalue weighted by atomic mass is 10.1. The third-order valence-electron chi connectivity index (χ3n) is 1.89. The Bertz CT molecular complexity index is 495. The van der Waals surface area contributed by atoms with E-state index in [-0.39, 0.29) is 28.2 Å². The van der Waals surface area contributed by atoms with Crippen LogP contribution in [-0.4, -0.2) is 23.1 Å². The molecule has 0 aromatic heterocycles. The number of hydrogen-bond acceptors (Lipinski definition) is 5. The summed E-state index contributed by atoms with van der Waals surface area (Å²) in [5, 5.41) is 0.105. The van der Waals surface area contributed by atoms with E-state index in [1.807, 2.05) is 0 Å². The van der Waals surface area contributed by atoms with Crippen LogP contribution in [0.4, 0.5) is 0 Å². The lowest BCUT2D eigenvalue weighted by Crippen LogP contribution is -2.09. The molecule has 1 aromatic rings. The van der Waals surface area contributed by atoms with Gasteiger partial charge in [0.05, 0.1) is 10.9 Å². The summed E-state index contributed by atoms with van der Waals surface area (Å²) in [6, 6.07) is 4.24. The Labute approximate surface area is 112 Å². The lowest BCUT2D eigenvalue weighted by Gasteiger charge is -2.09. The third-order valence-corrected chi connectivity index (χ3v) is 2.40. The smallest absolute Gasteiger partial charge is 0.308 e. The van der Waals surface area contributed by atoms with Crippen molar-refractivity contribution < 1.29 is 23.9 Å². The van der Waals surface area contributed by atoms with Crippen molar-refractivity contribution in [3.63, 3.8) is 0 Å². The summed E-state index contributed by atoms with van der Waals surface area (Å²) in [5.41, 5.74) is 0.248. The number of carbonyl (C=O) groups excluding carboxylic acids is 3. The first-order valence-corrected chi connectivity index (χ1v) is 6.16. The molecule has 0 aliphatic rings. The van der Waals surface area contributed by atoms with E-state index in [0.717, 1.165) is 0 Å². The van der Waals surface area contributed by atoms with Crippen LogP contribution in [0, 0.1) is 0 Å². The molecular weight excluding hydrogens is 304 g/mol. The maximum Gasteiger partial charge on any atom is 0.308 e. The highest BCUT2D eigenvalue weighted by Crippen LogP contribution is 2.26. The van der Waals surface area contributed by atoms with E-state index in [2.05, 4.69) is 15.9 Å². The Balaban J connectivity index is 3.15. The topological polar surface area (TPSA) is 69.7 Å². The second kappa shape index (κ2) is 6.30. The van der Waals surface area contributed by atoms with E-state index in [1.165, 1.54) is 32.0 Å². The van der Waals surface area contributed by atoms with Gasteiger partial charge in [-0.2, -0.15) is 0 Å². The van der Waals surface area contributed by atoms with Crippen molar-refractivity contribution >= 4 is 33.7 Å². The highest BCUT2D eigenvalue weighted by atomic mass is 79.9. The minimum Gasteiger partial charge on any atom is -0.427 e. The number of alkyl halides is 1. The molecule has 6 heteroatoms. The summed E-state index contributed by atoms with van der Waals surface area (Å²) in [4.78, 5) is 33.4. The van der Waals surface area contributed by atoms with E-state index < -0.39 is 11.9 Å². The molecule has 18 heavy (non-hydrogen) atoms. The number of carbonyl (C=O) groups is 3. The van der Waals surface area contributed by atoms with Gasteiger partial charge in [0.25, 0.3) is 0 Å². The van der Waals surface area contributed by atoms with Gasteiger partial charge in [0, 0.05) is 19.9 Å². The highest BCUT2D eigenvalue weighted by Gasteiger charge is 2.15. The van der Waals surface area contributed by atoms with Crippen molar-refractivity contribution in [2.24, 2.45) is 0 Å². The number of esters is 2. The molecule has 0 unspecified atom stereocenters. The SMILES string of the molecule is CC(=O)Oc1ccc(C(=O)CBr)c(OC(C)=O)c1. The van der Waals surface area contributed by atoms with Crippen molar-refractivity contribution in [2.75, 3.05) is 5.33 Å². The molecule has 0 amide bonds. The number of rotatable bonds is 4. The largest absolute Gasteiger partial charge is 0.427 e. The first kappa shape index (κ1) is 14.4. The van der Waals surface area contributed by atoms with E-state index in [4.69, 9.17) is 9.47 Å². The van der Waals surface area contributed by atoms with Crippen LogP contribution in [0.2, 0.25) is 0 Å². The number of ketones is 1. The van der Waals surface area contributed by atoms with Gasteiger partial charge in [0.1, 0.15) is 11.5 Å². The molecule has 96 valence electrons. The fourth-order valence-electron chi connectivity index (χ4n) is 1.27. The van der Waals surface area contributed by atoms with Crippen LogP contribution in [0.15, 0.2) is 18.2 Å². The predicted octanol–water partition coefficient (Wildman–Crippen LogP) is 2.11. The van der Waals surface area contributed by atoms with Crippen LogP contribution < -0.4 is 9.47 Å². The van der Waals surface area contributed by atoms with Gasteiger partial charge < -0.3 is 9.47 Å². The maximum atomic E-state index is 11.6. The lowest BCUT2D eigenvalue weighted by molar-refractivity contribution is -0.132. The zero-order valence-electron chi connectivity index (χ0n) is 9.86. The van der Waals surface area contributed by atoms with Crippen LogP contribution in [0.1, 0.15) is 24.2 Å². The first-order valence-electron chi connectivity index (χ1n) is 5.04.